The fourth-order valence-electron chi connectivity index (χ4n) is 2.60. The Hall–Kier alpha value is -2.03. The molecule has 0 saturated carbocycles. The molecule has 2 rings (SSSR count). The second-order valence-electron chi connectivity index (χ2n) is 6.29. The van der Waals surface area contributed by atoms with Crippen LogP contribution in [0.1, 0.15) is 45.8 Å². The molecular weight excluding hydrogens is 457 g/mol. The van der Waals surface area contributed by atoms with Crippen LogP contribution in [-0.4, -0.2) is 32.6 Å². The number of hydrogen-bond acceptors (Lipinski definition) is 4. The molecule has 148 valence electrons. The Morgan fingerprint density at radius 2 is 1.89 bits per heavy atom. The maximum absolute atomic E-state index is 11.6. The number of ether oxygens (including phenoxy) is 1. The van der Waals surface area contributed by atoms with Crippen molar-refractivity contribution in [2.24, 2.45) is 4.99 Å². The van der Waals surface area contributed by atoms with E-state index in [1.165, 1.54) is 18.2 Å². The average Bonchev–Trinajstić information content (AvgIpc) is 3.02. The molecule has 1 unspecified atom stereocenters. The Kier molecular flexibility index (Phi) is 9.34. The second-order valence-corrected chi connectivity index (χ2v) is 6.29. The maximum atomic E-state index is 11.6. The van der Waals surface area contributed by atoms with E-state index in [4.69, 9.17) is 9.15 Å². The molecule has 0 saturated heterocycles. The highest BCUT2D eigenvalue weighted by Crippen LogP contribution is 2.16. The zero-order valence-electron chi connectivity index (χ0n) is 16.5. The first-order valence-electron chi connectivity index (χ1n) is 8.63. The van der Waals surface area contributed by atoms with Gasteiger partial charge in [-0.3, -0.25) is 4.99 Å². The van der Waals surface area contributed by atoms with E-state index in [2.05, 4.69) is 53.7 Å². The van der Waals surface area contributed by atoms with Crippen LogP contribution in [0.4, 0.5) is 0 Å². The average molecular weight is 485 g/mol. The van der Waals surface area contributed by atoms with Gasteiger partial charge in [0.15, 0.2) is 5.96 Å². The number of carbonyl (C=O) groups excluding carboxylic acids is 1. The summed E-state index contributed by atoms with van der Waals surface area (Å²) in [6.45, 7) is 7.18. The van der Waals surface area contributed by atoms with Gasteiger partial charge in [-0.2, -0.15) is 0 Å². The normalized spacial score (nSPS) is 12.1. The zero-order valence-corrected chi connectivity index (χ0v) is 18.8. The largest absolute Gasteiger partial charge is 0.465 e. The first-order valence-corrected chi connectivity index (χ1v) is 8.63. The zero-order chi connectivity index (χ0) is 19.1. The van der Waals surface area contributed by atoms with Crippen LogP contribution in [-0.2, 0) is 11.3 Å². The van der Waals surface area contributed by atoms with E-state index in [0.29, 0.717) is 35.5 Å². The minimum Gasteiger partial charge on any atom is -0.465 e. The first-order chi connectivity index (χ1) is 12.4. The molecule has 6 nitrogen and oxygen atoms in total. The van der Waals surface area contributed by atoms with Crippen LogP contribution in [0.15, 0.2) is 39.7 Å². The van der Waals surface area contributed by atoms with Crippen molar-refractivity contribution in [3.05, 3.63) is 58.5 Å². The Morgan fingerprint density at radius 3 is 2.48 bits per heavy atom. The topological polar surface area (TPSA) is 75.9 Å². The van der Waals surface area contributed by atoms with Crippen molar-refractivity contribution in [2.75, 3.05) is 20.7 Å². The number of methoxy groups -OCH3 is 1. The van der Waals surface area contributed by atoms with E-state index in [0.717, 1.165) is 6.54 Å². The number of benzene rings is 1. The van der Waals surface area contributed by atoms with Gasteiger partial charge in [0.25, 0.3) is 0 Å². The van der Waals surface area contributed by atoms with E-state index >= 15 is 0 Å². The first kappa shape index (κ1) is 23.0. The molecule has 1 atom stereocenters. The molecular formula is C20H28IN3O3. The van der Waals surface area contributed by atoms with Gasteiger partial charge in [0.05, 0.1) is 13.7 Å². The highest BCUT2D eigenvalue weighted by molar-refractivity contribution is 14.0. The van der Waals surface area contributed by atoms with E-state index in [1.807, 2.05) is 0 Å². The van der Waals surface area contributed by atoms with E-state index < -0.39 is 5.97 Å². The van der Waals surface area contributed by atoms with Crippen LogP contribution in [0.2, 0.25) is 0 Å². The van der Waals surface area contributed by atoms with Gasteiger partial charge in [-0.1, -0.05) is 36.8 Å². The highest BCUT2D eigenvalue weighted by Gasteiger charge is 2.15. The molecule has 7 heteroatoms. The predicted octanol–water partition coefficient (Wildman–Crippen LogP) is 3.77. The van der Waals surface area contributed by atoms with Crippen LogP contribution in [0.3, 0.4) is 0 Å². The fourth-order valence-corrected chi connectivity index (χ4v) is 2.60. The van der Waals surface area contributed by atoms with Gasteiger partial charge < -0.3 is 19.8 Å². The number of esters is 1. The van der Waals surface area contributed by atoms with Crippen LogP contribution >= 0.6 is 24.0 Å². The summed E-state index contributed by atoms with van der Waals surface area (Å²) in [5, 5.41) is 6.51. The number of guanidine groups is 1. The summed E-state index contributed by atoms with van der Waals surface area (Å²) in [5.41, 5.74) is 2.98. The maximum Gasteiger partial charge on any atom is 0.341 e. The Balaban J connectivity index is 0.00000364. The molecule has 1 heterocycles. The van der Waals surface area contributed by atoms with E-state index in [1.54, 1.807) is 20.0 Å². The van der Waals surface area contributed by atoms with E-state index in [-0.39, 0.29) is 24.0 Å². The van der Waals surface area contributed by atoms with Crippen LogP contribution in [0, 0.1) is 13.8 Å². The lowest BCUT2D eigenvalue weighted by Gasteiger charge is -2.16. The lowest BCUT2D eigenvalue weighted by molar-refractivity contribution is 0.0599. The van der Waals surface area contributed by atoms with Crippen molar-refractivity contribution in [2.45, 2.75) is 33.2 Å². The lowest BCUT2D eigenvalue weighted by Crippen LogP contribution is -2.38. The van der Waals surface area contributed by atoms with Gasteiger partial charge in [-0.25, -0.2) is 4.79 Å². The van der Waals surface area contributed by atoms with Gasteiger partial charge in [0.1, 0.15) is 17.1 Å². The summed E-state index contributed by atoms with van der Waals surface area (Å²) in [7, 11) is 3.08. The molecule has 0 aliphatic carbocycles. The summed E-state index contributed by atoms with van der Waals surface area (Å²) in [4.78, 5) is 15.9. The summed E-state index contributed by atoms with van der Waals surface area (Å²) < 4.78 is 10.3. The Bertz CT molecular complexity index is 769. The van der Waals surface area contributed by atoms with Crippen molar-refractivity contribution in [3.63, 3.8) is 0 Å². The van der Waals surface area contributed by atoms with Crippen LogP contribution in [0.5, 0.6) is 0 Å². The lowest BCUT2D eigenvalue weighted by atomic mass is 10.0. The minimum absolute atomic E-state index is 0. The summed E-state index contributed by atoms with van der Waals surface area (Å²) in [6.07, 6.45) is 0. The number of halogens is 1. The van der Waals surface area contributed by atoms with Crippen molar-refractivity contribution >= 4 is 35.9 Å². The van der Waals surface area contributed by atoms with Gasteiger partial charge in [0.2, 0.25) is 0 Å². The fraction of sp³-hybridized carbons (Fsp3) is 0.400. The van der Waals surface area contributed by atoms with E-state index in [9.17, 15) is 4.79 Å². The number of nitrogens with one attached hydrogen (secondary N) is 2. The van der Waals surface area contributed by atoms with Crippen molar-refractivity contribution in [3.8, 4) is 0 Å². The second kappa shape index (κ2) is 11.0. The molecule has 0 fully saturated rings. The molecule has 0 spiro atoms. The molecule has 0 aliphatic rings. The van der Waals surface area contributed by atoms with Crippen molar-refractivity contribution in [1.82, 2.24) is 10.6 Å². The number of carbonyl (C=O) groups is 1. The van der Waals surface area contributed by atoms with Crippen LogP contribution < -0.4 is 10.6 Å². The molecule has 0 amide bonds. The third-order valence-electron chi connectivity index (χ3n) is 4.25. The number of furan rings is 1. The standard InChI is InChI=1S/C20H27N3O3.HI/c1-13-6-8-16(9-7-13)14(2)11-22-20(21-4)23-12-17-10-18(15(3)26-17)19(24)25-5;/h6-10,14H,11-12H2,1-5H3,(H2,21,22,23);1H. The smallest absolute Gasteiger partial charge is 0.341 e. The molecule has 1 aromatic carbocycles. The van der Waals surface area contributed by atoms with Gasteiger partial charge in [-0.15, -0.1) is 24.0 Å². The highest BCUT2D eigenvalue weighted by atomic mass is 127. The number of hydrogen-bond donors (Lipinski definition) is 2. The summed E-state index contributed by atoms with van der Waals surface area (Å²) in [5.74, 6) is 1.83. The van der Waals surface area contributed by atoms with Gasteiger partial charge in [-0.05, 0) is 31.4 Å². The number of aliphatic imine (C=N–C) groups is 1. The molecule has 27 heavy (non-hydrogen) atoms. The molecule has 0 radical (unpaired) electrons. The number of aryl methyl sites for hydroxylation is 2. The summed E-state index contributed by atoms with van der Waals surface area (Å²) in [6, 6.07) is 10.2. The molecule has 1 aromatic heterocycles. The molecule has 0 aliphatic heterocycles. The Morgan fingerprint density at radius 1 is 1.22 bits per heavy atom. The van der Waals surface area contributed by atoms with Gasteiger partial charge >= 0.3 is 5.97 Å². The number of rotatable bonds is 6. The van der Waals surface area contributed by atoms with Gasteiger partial charge in [0, 0.05) is 13.6 Å². The van der Waals surface area contributed by atoms with Crippen LogP contribution in [0.25, 0.3) is 0 Å². The van der Waals surface area contributed by atoms with Crippen molar-refractivity contribution < 1.29 is 13.9 Å². The third kappa shape index (κ3) is 6.57. The monoisotopic (exact) mass is 485 g/mol. The molecule has 2 N–H and O–H groups in total. The molecule has 0 bridgehead atoms. The number of nitrogens with zero attached hydrogens (tertiary/aromatic N) is 1. The SMILES string of the molecule is CN=C(NCc1cc(C(=O)OC)c(C)o1)NCC(C)c1ccc(C)cc1.I. The quantitative estimate of drug-likeness (QED) is 0.282. The van der Waals surface area contributed by atoms with Crippen molar-refractivity contribution in [1.29, 1.82) is 0 Å². The predicted molar refractivity (Wildman–Crippen MR) is 118 cm³/mol. The molecule has 2 aromatic rings. The Labute approximate surface area is 177 Å². The third-order valence-corrected chi connectivity index (χ3v) is 4.25. The summed E-state index contributed by atoms with van der Waals surface area (Å²) >= 11 is 0. The minimum atomic E-state index is -0.396.